The van der Waals surface area contributed by atoms with E-state index in [4.69, 9.17) is 9.41 Å². The van der Waals surface area contributed by atoms with Gasteiger partial charge in [-0.1, -0.05) is 13.8 Å². The van der Waals surface area contributed by atoms with E-state index in [1.807, 2.05) is 24.5 Å². The van der Waals surface area contributed by atoms with Crippen molar-refractivity contribution in [3.63, 3.8) is 0 Å². The van der Waals surface area contributed by atoms with Crippen molar-refractivity contribution >= 4 is 11.6 Å². The zero-order chi connectivity index (χ0) is 21.2. The lowest BCUT2D eigenvalue weighted by atomic mass is 9.93. The van der Waals surface area contributed by atoms with Gasteiger partial charge >= 0.3 is 0 Å². The van der Waals surface area contributed by atoms with E-state index in [0.717, 1.165) is 56.8 Å². The second kappa shape index (κ2) is 11.6. The topological polar surface area (TPSA) is 56.9 Å². The summed E-state index contributed by atoms with van der Waals surface area (Å²) in [7, 11) is 2.16. The van der Waals surface area contributed by atoms with Gasteiger partial charge in [-0.05, 0) is 55.4 Å². The standard InChI is InChI=1S/C24H37N5O/c1-20(2)19-27-24(26-14-8-23-5-4-18-30-23)28(3)15-9-21-10-16-29(17-11-21)22-6-12-25-13-7-22/h4-7,12-13,18,20-21H,8-11,14-17,19H2,1-3H3,(H,26,27). The molecule has 0 bridgehead atoms. The normalized spacial score (nSPS) is 15.6. The number of hydrogen-bond donors (Lipinski definition) is 1. The van der Waals surface area contributed by atoms with Crippen molar-refractivity contribution in [3.05, 3.63) is 48.7 Å². The van der Waals surface area contributed by atoms with Gasteiger partial charge in [0.25, 0.3) is 0 Å². The van der Waals surface area contributed by atoms with Gasteiger partial charge in [0, 0.05) is 64.3 Å². The van der Waals surface area contributed by atoms with Gasteiger partial charge in [0.05, 0.1) is 6.26 Å². The number of rotatable bonds is 9. The number of anilines is 1. The molecule has 0 atom stereocenters. The molecule has 1 N–H and O–H groups in total. The van der Waals surface area contributed by atoms with E-state index in [1.165, 1.54) is 24.9 Å². The molecule has 0 amide bonds. The molecular formula is C24H37N5O. The maximum Gasteiger partial charge on any atom is 0.193 e. The van der Waals surface area contributed by atoms with Crippen molar-refractivity contribution in [3.8, 4) is 0 Å². The molecule has 1 aliphatic heterocycles. The highest BCUT2D eigenvalue weighted by molar-refractivity contribution is 5.79. The van der Waals surface area contributed by atoms with Gasteiger partial charge in [0.2, 0.25) is 0 Å². The van der Waals surface area contributed by atoms with Gasteiger partial charge in [-0.15, -0.1) is 0 Å². The third-order valence-electron chi connectivity index (χ3n) is 5.72. The second-order valence-corrected chi connectivity index (χ2v) is 8.66. The summed E-state index contributed by atoms with van der Waals surface area (Å²) >= 11 is 0. The Bertz CT molecular complexity index is 736. The number of furan rings is 1. The molecule has 30 heavy (non-hydrogen) atoms. The molecular weight excluding hydrogens is 374 g/mol. The van der Waals surface area contributed by atoms with Crippen LogP contribution in [-0.2, 0) is 6.42 Å². The van der Waals surface area contributed by atoms with Crippen LogP contribution in [-0.4, -0.2) is 55.6 Å². The van der Waals surface area contributed by atoms with E-state index >= 15 is 0 Å². The largest absolute Gasteiger partial charge is 0.469 e. The first-order chi connectivity index (χ1) is 14.6. The zero-order valence-electron chi connectivity index (χ0n) is 18.8. The summed E-state index contributed by atoms with van der Waals surface area (Å²) in [6, 6.07) is 8.18. The van der Waals surface area contributed by atoms with Crippen LogP contribution in [0.3, 0.4) is 0 Å². The summed E-state index contributed by atoms with van der Waals surface area (Å²) in [4.78, 5) is 13.7. The fraction of sp³-hybridized carbons (Fsp3) is 0.583. The first kappa shape index (κ1) is 22.2. The molecule has 6 nitrogen and oxygen atoms in total. The van der Waals surface area contributed by atoms with Gasteiger partial charge in [0.15, 0.2) is 5.96 Å². The monoisotopic (exact) mass is 411 g/mol. The van der Waals surface area contributed by atoms with Crippen LogP contribution in [0, 0.1) is 11.8 Å². The van der Waals surface area contributed by atoms with Crippen LogP contribution in [0.2, 0.25) is 0 Å². The van der Waals surface area contributed by atoms with Crippen LogP contribution >= 0.6 is 0 Å². The lowest BCUT2D eigenvalue weighted by molar-refractivity contribution is 0.338. The Hall–Kier alpha value is -2.50. The number of pyridine rings is 1. The first-order valence-corrected chi connectivity index (χ1v) is 11.3. The third-order valence-corrected chi connectivity index (χ3v) is 5.72. The fourth-order valence-electron chi connectivity index (χ4n) is 3.85. The molecule has 1 fully saturated rings. The van der Waals surface area contributed by atoms with Crippen LogP contribution in [0.5, 0.6) is 0 Å². The van der Waals surface area contributed by atoms with Crippen molar-refractivity contribution in [1.82, 2.24) is 15.2 Å². The van der Waals surface area contributed by atoms with Crippen LogP contribution in [0.25, 0.3) is 0 Å². The quantitative estimate of drug-likeness (QED) is 0.498. The summed E-state index contributed by atoms with van der Waals surface area (Å²) in [5, 5.41) is 3.53. The minimum atomic E-state index is 0.554. The van der Waals surface area contributed by atoms with Crippen molar-refractivity contribution in [1.29, 1.82) is 0 Å². The summed E-state index contributed by atoms with van der Waals surface area (Å²) in [6.45, 7) is 9.39. The average Bonchev–Trinajstić information content (AvgIpc) is 3.29. The van der Waals surface area contributed by atoms with Gasteiger partial charge in [0.1, 0.15) is 5.76 Å². The number of nitrogens with zero attached hydrogens (tertiary/aromatic N) is 4. The van der Waals surface area contributed by atoms with Gasteiger partial charge in [-0.25, -0.2) is 0 Å². The molecule has 0 spiro atoms. The predicted octanol–water partition coefficient (Wildman–Crippen LogP) is 4.06. The van der Waals surface area contributed by atoms with Crippen molar-refractivity contribution < 1.29 is 4.42 Å². The summed E-state index contributed by atoms with van der Waals surface area (Å²) in [5.41, 5.74) is 1.30. The smallest absolute Gasteiger partial charge is 0.193 e. The molecule has 3 heterocycles. The molecule has 2 aromatic heterocycles. The van der Waals surface area contributed by atoms with Gasteiger partial charge < -0.3 is 19.5 Å². The Kier molecular flexibility index (Phi) is 8.60. The Morgan fingerprint density at radius 3 is 2.70 bits per heavy atom. The highest BCUT2D eigenvalue weighted by Gasteiger charge is 2.20. The third kappa shape index (κ3) is 7.08. The van der Waals surface area contributed by atoms with E-state index < -0.39 is 0 Å². The van der Waals surface area contributed by atoms with E-state index in [1.54, 1.807) is 6.26 Å². The van der Waals surface area contributed by atoms with Crippen LogP contribution in [0.4, 0.5) is 5.69 Å². The molecule has 0 aliphatic carbocycles. The Labute approximate surface area is 181 Å². The van der Waals surface area contributed by atoms with Crippen LogP contribution in [0.1, 0.15) is 38.9 Å². The minimum absolute atomic E-state index is 0.554. The van der Waals surface area contributed by atoms with Crippen molar-refractivity contribution in [2.75, 3.05) is 44.7 Å². The van der Waals surface area contributed by atoms with E-state index in [0.29, 0.717) is 5.92 Å². The van der Waals surface area contributed by atoms with E-state index in [-0.39, 0.29) is 0 Å². The van der Waals surface area contributed by atoms with Crippen LogP contribution < -0.4 is 10.2 Å². The highest BCUT2D eigenvalue weighted by atomic mass is 16.3. The summed E-state index contributed by atoms with van der Waals surface area (Å²) in [5.74, 6) is 3.34. The maximum absolute atomic E-state index is 5.44. The lowest BCUT2D eigenvalue weighted by Gasteiger charge is -2.34. The molecule has 1 saturated heterocycles. The van der Waals surface area contributed by atoms with Gasteiger partial charge in [-0.2, -0.15) is 0 Å². The second-order valence-electron chi connectivity index (χ2n) is 8.66. The molecule has 2 aromatic rings. The molecule has 6 heteroatoms. The summed E-state index contributed by atoms with van der Waals surface area (Å²) < 4.78 is 5.44. The highest BCUT2D eigenvalue weighted by Crippen LogP contribution is 2.24. The number of guanidine groups is 1. The molecule has 1 aliphatic rings. The van der Waals surface area contributed by atoms with Crippen molar-refractivity contribution in [2.24, 2.45) is 16.8 Å². The SMILES string of the molecule is CC(C)CN=C(NCCc1ccco1)N(C)CCC1CCN(c2ccncc2)CC1. The predicted molar refractivity (Wildman–Crippen MR) is 124 cm³/mol. The number of hydrogen-bond acceptors (Lipinski definition) is 4. The van der Waals surface area contributed by atoms with Gasteiger partial charge in [-0.3, -0.25) is 9.98 Å². The summed E-state index contributed by atoms with van der Waals surface area (Å²) in [6.07, 6.45) is 10.1. The average molecular weight is 412 g/mol. The molecule has 3 rings (SSSR count). The van der Waals surface area contributed by atoms with E-state index in [9.17, 15) is 0 Å². The van der Waals surface area contributed by atoms with Crippen molar-refractivity contribution in [2.45, 2.75) is 39.5 Å². The number of aromatic nitrogens is 1. The fourth-order valence-corrected chi connectivity index (χ4v) is 3.85. The maximum atomic E-state index is 5.44. The zero-order valence-corrected chi connectivity index (χ0v) is 18.8. The Balaban J connectivity index is 1.44. The minimum Gasteiger partial charge on any atom is -0.469 e. The Morgan fingerprint density at radius 1 is 1.27 bits per heavy atom. The Morgan fingerprint density at radius 2 is 2.03 bits per heavy atom. The molecule has 0 radical (unpaired) electrons. The van der Waals surface area contributed by atoms with Crippen LogP contribution in [0.15, 0.2) is 52.3 Å². The molecule has 0 aromatic carbocycles. The lowest BCUT2D eigenvalue weighted by Crippen LogP contribution is -2.42. The molecule has 0 unspecified atom stereocenters. The molecule has 164 valence electrons. The van der Waals surface area contributed by atoms with E-state index in [2.05, 4.69) is 53.1 Å². The number of nitrogens with one attached hydrogen (secondary N) is 1. The number of piperidine rings is 1. The first-order valence-electron chi connectivity index (χ1n) is 11.3. The molecule has 0 saturated carbocycles. The number of aliphatic imine (C=N–C) groups is 1.